The molecule has 0 spiro atoms. The van der Waals surface area contributed by atoms with Crippen LogP contribution in [0.5, 0.6) is 0 Å². The predicted octanol–water partition coefficient (Wildman–Crippen LogP) is 4.70. The van der Waals surface area contributed by atoms with Gasteiger partial charge in [-0.1, -0.05) is 43.3 Å². The summed E-state index contributed by atoms with van der Waals surface area (Å²) in [6, 6.07) is 11.7. The van der Waals surface area contributed by atoms with Crippen molar-refractivity contribution >= 4 is 17.2 Å². The third-order valence-corrected chi connectivity index (χ3v) is 6.55. The number of pyridine rings is 1. The van der Waals surface area contributed by atoms with E-state index in [0.29, 0.717) is 6.04 Å². The first-order valence-electron chi connectivity index (χ1n) is 12.0. The standard InChI is InChI=1S/C27H37N5/c1-6-25-29-26-21(4)18-22(5)28-27(26)32(25)19-24-11-9-23(10-12-24)8-7-13-30-14-16-31(17-15-30)20(2)3/h7-12,18,20H,6,13-17,19H2,1-5H3. The van der Waals surface area contributed by atoms with Gasteiger partial charge in [0.05, 0.1) is 6.54 Å². The van der Waals surface area contributed by atoms with E-state index in [-0.39, 0.29) is 0 Å². The number of aromatic nitrogens is 3. The Morgan fingerprint density at radius 3 is 2.38 bits per heavy atom. The number of hydrogen-bond acceptors (Lipinski definition) is 4. The van der Waals surface area contributed by atoms with Crippen molar-refractivity contribution in [3.63, 3.8) is 0 Å². The highest BCUT2D eigenvalue weighted by Crippen LogP contribution is 2.21. The molecule has 0 radical (unpaired) electrons. The van der Waals surface area contributed by atoms with Gasteiger partial charge >= 0.3 is 0 Å². The molecule has 1 fully saturated rings. The van der Waals surface area contributed by atoms with Gasteiger partial charge in [0.2, 0.25) is 0 Å². The Morgan fingerprint density at radius 2 is 1.72 bits per heavy atom. The molecule has 0 aliphatic carbocycles. The Labute approximate surface area is 192 Å². The first-order chi connectivity index (χ1) is 15.4. The van der Waals surface area contributed by atoms with E-state index < -0.39 is 0 Å². The van der Waals surface area contributed by atoms with Gasteiger partial charge in [-0.2, -0.15) is 0 Å². The number of aryl methyl sites for hydroxylation is 3. The summed E-state index contributed by atoms with van der Waals surface area (Å²) >= 11 is 0. The fraction of sp³-hybridized carbons (Fsp3) is 0.481. The molecule has 2 aromatic heterocycles. The zero-order valence-electron chi connectivity index (χ0n) is 20.3. The Balaban J connectivity index is 1.40. The molecule has 0 N–H and O–H groups in total. The molecular weight excluding hydrogens is 394 g/mol. The highest BCUT2D eigenvalue weighted by Gasteiger charge is 2.17. The average Bonchev–Trinajstić information content (AvgIpc) is 3.13. The van der Waals surface area contributed by atoms with Crippen molar-refractivity contribution in [2.75, 3.05) is 32.7 Å². The second-order valence-electron chi connectivity index (χ2n) is 9.29. The topological polar surface area (TPSA) is 37.2 Å². The van der Waals surface area contributed by atoms with E-state index in [1.165, 1.54) is 29.8 Å². The molecule has 0 saturated carbocycles. The molecule has 5 heteroatoms. The zero-order valence-corrected chi connectivity index (χ0v) is 20.3. The number of piperazine rings is 1. The minimum absolute atomic E-state index is 0.656. The highest BCUT2D eigenvalue weighted by atomic mass is 15.3. The van der Waals surface area contributed by atoms with Gasteiger partial charge in [-0.15, -0.1) is 0 Å². The number of hydrogen-bond donors (Lipinski definition) is 0. The van der Waals surface area contributed by atoms with Gasteiger partial charge in [-0.3, -0.25) is 9.80 Å². The zero-order chi connectivity index (χ0) is 22.7. The van der Waals surface area contributed by atoms with Crippen molar-refractivity contribution in [2.24, 2.45) is 0 Å². The van der Waals surface area contributed by atoms with E-state index in [0.717, 1.165) is 55.3 Å². The summed E-state index contributed by atoms with van der Waals surface area (Å²) in [5.41, 5.74) is 6.81. The van der Waals surface area contributed by atoms with Crippen LogP contribution < -0.4 is 0 Å². The first kappa shape index (κ1) is 22.7. The lowest BCUT2D eigenvalue weighted by Crippen LogP contribution is -2.48. The molecule has 1 aliphatic heterocycles. The summed E-state index contributed by atoms with van der Waals surface area (Å²) in [5, 5.41) is 0. The van der Waals surface area contributed by atoms with Crippen molar-refractivity contribution in [3.8, 4) is 0 Å². The predicted molar refractivity (Wildman–Crippen MR) is 134 cm³/mol. The average molecular weight is 432 g/mol. The molecule has 1 saturated heterocycles. The lowest BCUT2D eigenvalue weighted by atomic mass is 10.1. The van der Waals surface area contributed by atoms with Crippen LogP contribution in [0.25, 0.3) is 17.2 Å². The van der Waals surface area contributed by atoms with E-state index >= 15 is 0 Å². The van der Waals surface area contributed by atoms with E-state index in [1.54, 1.807) is 0 Å². The summed E-state index contributed by atoms with van der Waals surface area (Å²) in [6.45, 7) is 17.4. The first-order valence-corrected chi connectivity index (χ1v) is 12.0. The van der Waals surface area contributed by atoms with Gasteiger partial charge in [-0.05, 0) is 50.5 Å². The maximum absolute atomic E-state index is 4.87. The monoisotopic (exact) mass is 431 g/mol. The van der Waals surface area contributed by atoms with Crippen LogP contribution in [0.15, 0.2) is 36.4 Å². The Bertz CT molecular complexity index is 1070. The lowest BCUT2D eigenvalue weighted by Gasteiger charge is -2.36. The quantitative estimate of drug-likeness (QED) is 0.543. The van der Waals surface area contributed by atoms with Gasteiger partial charge in [-0.25, -0.2) is 9.97 Å². The molecule has 1 aromatic carbocycles. The molecule has 0 atom stereocenters. The minimum Gasteiger partial charge on any atom is -0.308 e. The minimum atomic E-state index is 0.656. The highest BCUT2D eigenvalue weighted by molar-refractivity contribution is 5.76. The van der Waals surface area contributed by atoms with E-state index in [9.17, 15) is 0 Å². The van der Waals surface area contributed by atoms with Crippen molar-refractivity contribution in [1.82, 2.24) is 24.3 Å². The summed E-state index contributed by atoms with van der Waals surface area (Å²) in [5.74, 6) is 1.10. The normalized spacial score (nSPS) is 16.1. The van der Waals surface area contributed by atoms with Gasteiger partial charge in [0.15, 0.2) is 5.65 Å². The van der Waals surface area contributed by atoms with Crippen LogP contribution in [0.1, 0.15) is 49.0 Å². The number of benzene rings is 1. The second kappa shape index (κ2) is 9.97. The van der Waals surface area contributed by atoms with Crippen LogP contribution >= 0.6 is 0 Å². The molecular formula is C27H37N5. The van der Waals surface area contributed by atoms with E-state index in [4.69, 9.17) is 9.97 Å². The molecule has 4 rings (SSSR count). The van der Waals surface area contributed by atoms with Crippen LogP contribution in [-0.4, -0.2) is 63.1 Å². The Kier molecular flexibility index (Phi) is 7.07. The number of nitrogens with zero attached hydrogens (tertiary/aromatic N) is 5. The summed E-state index contributed by atoms with van der Waals surface area (Å²) in [7, 11) is 0. The number of imidazole rings is 1. The van der Waals surface area contributed by atoms with E-state index in [1.807, 2.05) is 0 Å². The van der Waals surface area contributed by atoms with Crippen molar-refractivity contribution < 1.29 is 0 Å². The molecule has 32 heavy (non-hydrogen) atoms. The summed E-state index contributed by atoms with van der Waals surface area (Å²) < 4.78 is 2.27. The fourth-order valence-electron chi connectivity index (χ4n) is 4.60. The van der Waals surface area contributed by atoms with Crippen molar-refractivity contribution in [3.05, 3.63) is 64.6 Å². The van der Waals surface area contributed by atoms with Crippen LogP contribution in [0.2, 0.25) is 0 Å². The van der Waals surface area contributed by atoms with Crippen LogP contribution in [0.4, 0.5) is 0 Å². The summed E-state index contributed by atoms with van der Waals surface area (Å²) in [6.07, 6.45) is 5.45. The van der Waals surface area contributed by atoms with E-state index in [2.05, 4.69) is 91.5 Å². The molecule has 5 nitrogen and oxygen atoms in total. The van der Waals surface area contributed by atoms with Crippen LogP contribution in [0.3, 0.4) is 0 Å². The maximum atomic E-state index is 4.87. The number of rotatable bonds is 7. The van der Waals surface area contributed by atoms with Gasteiger partial charge in [0, 0.05) is 50.9 Å². The second-order valence-corrected chi connectivity index (χ2v) is 9.29. The van der Waals surface area contributed by atoms with Crippen LogP contribution in [-0.2, 0) is 13.0 Å². The molecule has 170 valence electrons. The van der Waals surface area contributed by atoms with Gasteiger partial charge < -0.3 is 4.57 Å². The Morgan fingerprint density at radius 1 is 1.00 bits per heavy atom. The van der Waals surface area contributed by atoms with Gasteiger partial charge in [0.25, 0.3) is 0 Å². The molecule has 1 aliphatic rings. The van der Waals surface area contributed by atoms with Gasteiger partial charge in [0.1, 0.15) is 11.3 Å². The smallest absolute Gasteiger partial charge is 0.160 e. The molecule has 3 aromatic rings. The molecule has 0 bridgehead atoms. The summed E-state index contributed by atoms with van der Waals surface area (Å²) in [4.78, 5) is 14.8. The Hall–Kier alpha value is -2.50. The largest absolute Gasteiger partial charge is 0.308 e. The molecule has 3 heterocycles. The lowest BCUT2D eigenvalue weighted by molar-refractivity contribution is 0.117. The fourth-order valence-corrected chi connectivity index (χ4v) is 4.60. The van der Waals surface area contributed by atoms with Crippen molar-refractivity contribution in [2.45, 2.75) is 53.6 Å². The third-order valence-electron chi connectivity index (χ3n) is 6.55. The third kappa shape index (κ3) is 5.11. The number of fused-ring (bicyclic) bond motifs is 1. The van der Waals surface area contributed by atoms with Crippen molar-refractivity contribution in [1.29, 1.82) is 0 Å². The molecule has 0 unspecified atom stereocenters. The SMILES string of the molecule is CCc1nc2c(C)cc(C)nc2n1Cc1ccc(C=CCN2CCN(C(C)C)CC2)cc1. The van der Waals surface area contributed by atoms with Crippen LogP contribution in [0, 0.1) is 13.8 Å². The maximum Gasteiger partial charge on any atom is 0.160 e. The molecule has 0 amide bonds.